The molecule has 124 valence electrons. The fourth-order valence-electron chi connectivity index (χ4n) is 3.08. The molecule has 0 radical (unpaired) electrons. The maximum atomic E-state index is 12.1. The van der Waals surface area contributed by atoms with Gasteiger partial charge in [0.1, 0.15) is 0 Å². The summed E-state index contributed by atoms with van der Waals surface area (Å²) in [6.45, 7) is 3.68. The minimum atomic E-state index is 0.0619. The van der Waals surface area contributed by atoms with Gasteiger partial charge in [-0.05, 0) is 30.8 Å². The molecule has 0 aliphatic carbocycles. The Labute approximate surface area is 140 Å². The first-order valence-electron chi connectivity index (χ1n) is 8.03. The molecule has 1 aliphatic rings. The van der Waals surface area contributed by atoms with Crippen molar-refractivity contribution in [2.75, 3.05) is 26.2 Å². The van der Waals surface area contributed by atoms with Crippen LogP contribution in [0.2, 0.25) is 0 Å². The highest BCUT2D eigenvalue weighted by atomic mass is 32.1. The number of thiophene rings is 1. The lowest BCUT2D eigenvalue weighted by Gasteiger charge is -2.31. The lowest BCUT2D eigenvalue weighted by atomic mass is 9.96. The average Bonchev–Trinajstić information content (AvgIpc) is 3.24. The highest BCUT2D eigenvalue weighted by Gasteiger charge is 2.26. The monoisotopic (exact) mass is 333 g/mol. The fourth-order valence-corrected chi connectivity index (χ4v) is 3.73. The van der Waals surface area contributed by atoms with Crippen LogP contribution in [0.15, 0.2) is 23.0 Å². The zero-order chi connectivity index (χ0) is 16.1. The molecule has 23 heavy (non-hydrogen) atoms. The molecule has 0 bridgehead atoms. The Morgan fingerprint density at radius 1 is 1.57 bits per heavy atom. The number of hydrogen-bond acceptors (Lipinski definition) is 5. The zero-order valence-electron chi connectivity index (χ0n) is 13.1. The van der Waals surface area contributed by atoms with E-state index in [9.17, 15) is 4.79 Å². The van der Waals surface area contributed by atoms with E-state index >= 15 is 0 Å². The lowest BCUT2D eigenvalue weighted by Crippen LogP contribution is -2.43. The molecule has 1 atom stereocenters. The summed E-state index contributed by atoms with van der Waals surface area (Å²) in [5, 5.41) is 14.4. The Morgan fingerprint density at radius 2 is 2.48 bits per heavy atom. The first-order chi connectivity index (χ1) is 11.3. The Balaban J connectivity index is 1.62. The molecule has 3 heterocycles. The van der Waals surface area contributed by atoms with E-state index in [-0.39, 0.29) is 11.8 Å². The largest absolute Gasteiger partial charge is 0.355 e. The number of likely N-dealkylation sites (tertiary alicyclic amines) is 1. The average molecular weight is 333 g/mol. The number of nitrogens with two attached hydrogens (primary N) is 1. The summed E-state index contributed by atoms with van der Waals surface area (Å²) in [7, 11) is 0. The van der Waals surface area contributed by atoms with Gasteiger partial charge in [-0.25, -0.2) is 0 Å². The lowest BCUT2D eigenvalue weighted by molar-refractivity contribution is -0.126. The van der Waals surface area contributed by atoms with E-state index in [1.165, 1.54) is 11.1 Å². The van der Waals surface area contributed by atoms with E-state index in [1.54, 1.807) is 11.3 Å². The third-order valence-corrected chi connectivity index (χ3v) is 4.92. The Bertz CT molecular complexity index is 624. The predicted molar refractivity (Wildman–Crippen MR) is 92.0 cm³/mol. The van der Waals surface area contributed by atoms with Gasteiger partial charge in [-0.1, -0.05) is 0 Å². The second-order valence-corrected chi connectivity index (χ2v) is 6.72. The molecule has 0 aromatic carbocycles. The van der Waals surface area contributed by atoms with Crippen molar-refractivity contribution < 1.29 is 4.79 Å². The van der Waals surface area contributed by atoms with Crippen LogP contribution in [0.5, 0.6) is 0 Å². The standard InChI is InChI=1S/C16H23N5OS/c17-4-5-18-16(22)12-2-1-6-21(9-12)10-14-8-19-20-15(14)13-3-7-23-11-13/h3,7-8,11-12H,1-2,4-6,9-10,17H2,(H,18,22)(H,19,20). The van der Waals surface area contributed by atoms with Crippen LogP contribution < -0.4 is 11.1 Å². The van der Waals surface area contributed by atoms with Gasteiger partial charge in [-0.3, -0.25) is 14.8 Å². The van der Waals surface area contributed by atoms with Crippen LogP contribution in [0.1, 0.15) is 18.4 Å². The van der Waals surface area contributed by atoms with Gasteiger partial charge in [0, 0.05) is 42.7 Å². The summed E-state index contributed by atoms with van der Waals surface area (Å²) in [4.78, 5) is 14.5. The van der Waals surface area contributed by atoms with E-state index in [0.717, 1.165) is 38.2 Å². The topological polar surface area (TPSA) is 87.0 Å². The molecule has 0 saturated carbocycles. The van der Waals surface area contributed by atoms with Crippen molar-refractivity contribution in [1.82, 2.24) is 20.4 Å². The van der Waals surface area contributed by atoms with Gasteiger partial charge in [0.15, 0.2) is 0 Å². The van der Waals surface area contributed by atoms with Crippen molar-refractivity contribution in [2.24, 2.45) is 11.7 Å². The van der Waals surface area contributed by atoms with Crippen LogP contribution in [0.4, 0.5) is 0 Å². The van der Waals surface area contributed by atoms with Gasteiger partial charge in [-0.15, -0.1) is 0 Å². The van der Waals surface area contributed by atoms with Crippen LogP contribution in [0.3, 0.4) is 0 Å². The SMILES string of the molecule is NCCNC(=O)C1CCCN(Cc2cn[nH]c2-c2ccsc2)C1. The van der Waals surface area contributed by atoms with Gasteiger partial charge in [0.05, 0.1) is 17.8 Å². The van der Waals surface area contributed by atoms with Crippen LogP contribution >= 0.6 is 11.3 Å². The van der Waals surface area contributed by atoms with Gasteiger partial charge in [0.2, 0.25) is 5.91 Å². The molecule has 6 nitrogen and oxygen atoms in total. The number of nitrogens with zero attached hydrogens (tertiary/aromatic N) is 2. The van der Waals surface area contributed by atoms with Crippen molar-refractivity contribution in [2.45, 2.75) is 19.4 Å². The maximum Gasteiger partial charge on any atom is 0.224 e. The smallest absolute Gasteiger partial charge is 0.224 e. The van der Waals surface area contributed by atoms with E-state index < -0.39 is 0 Å². The number of piperidine rings is 1. The summed E-state index contributed by atoms with van der Waals surface area (Å²) in [6.07, 6.45) is 3.90. The third kappa shape index (κ3) is 3.99. The first-order valence-corrected chi connectivity index (χ1v) is 8.97. The molecule has 4 N–H and O–H groups in total. The summed E-state index contributed by atoms with van der Waals surface area (Å²) in [5.41, 5.74) is 8.90. The molecule has 1 fully saturated rings. The van der Waals surface area contributed by atoms with Crippen molar-refractivity contribution in [3.8, 4) is 11.3 Å². The number of amides is 1. The number of carbonyl (C=O) groups is 1. The molecule has 0 spiro atoms. The summed E-state index contributed by atoms with van der Waals surface area (Å²) < 4.78 is 0. The van der Waals surface area contributed by atoms with Gasteiger partial charge >= 0.3 is 0 Å². The quantitative estimate of drug-likeness (QED) is 0.746. The Hall–Kier alpha value is -1.70. The minimum Gasteiger partial charge on any atom is -0.355 e. The molecule has 1 unspecified atom stereocenters. The minimum absolute atomic E-state index is 0.0619. The number of nitrogens with one attached hydrogen (secondary N) is 2. The van der Waals surface area contributed by atoms with Crippen LogP contribution in [-0.4, -0.2) is 47.2 Å². The molecule has 2 aromatic heterocycles. The number of carbonyl (C=O) groups excluding carboxylic acids is 1. The van der Waals surface area contributed by atoms with Crippen molar-refractivity contribution >= 4 is 17.2 Å². The fraction of sp³-hybridized carbons (Fsp3) is 0.500. The predicted octanol–water partition coefficient (Wildman–Crippen LogP) is 1.43. The number of hydrogen-bond donors (Lipinski definition) is 3. The van der Waals surface area contributed by atoms with Gasteiger partial charge in [-0.2, -0.15) is 16.4 Å². The molecule has 1 amide bonds. The number of aromatic nitrogens is 2. The molecule has 3 rings (SSSR count). The highest BCUT2D eigenvalue weighted by molar-refractivity contribution is 7.08. The van der Waals surface area contributed by atoms with Crippen molar-refractivity contribution in [1.29, 1.82) is 0 Å². The molecule has 2 aromatic rings. The zero-order valence-corrected chi connectivity index (χ0v) is 13.9. The maximum absolute atomic E-state index is 12.1. The van der Waals surface area contributed by atoms with E-state index in [0.29, 0.717) is 13.1 Å². The molecule has 7 heteroatoms. The van der Waals surface area contributed by atoms with Crippen LogP contribution in [0.25, 0.3) is 11.3 Å². The molecular formula is C16H23N5OS. The van der Waals surface area contributed by atoms with Crippen LogP contribution in [-0.2, 0) is 11.3 Å². The number of rotatable bonds is 6. The highest BCUT2D eigenvalue weighted by Crippen LogP contribution is 2.26. The van der Waals surface area contributed by atoms with E-state index in [1.807, 2.05) is 6.20 Å². The third-order valence-electron chi connectivity index (χ3n) is 4.24. The van der Waals surface area contributed by atoms with E-state index in [4.69, 9.17) is 5.73 Å². The summed E-state index contributed by atoms with van der Waals surface area (Å²) in [5.74, 6) is 0.192. The van der Waals surface area contributed by atoms with Crippen LogP contribution in [0, 0.1) is 5.92 Å². The molecule has 1 aliphatic heterocycles. The number of aromatic amines is 1. The van der Waals surface area contributed by atoms with Crippen molar-refractivity contribution in [3.05, 3.63) is 28.6 Å². The summed E-state index contributed by atoms with van der Waals surface area (Å²) in [6, 6.07) is 2.10. The second-order valence-electron chi connectivity index (χ2n) is 5.94. The van der Waals surface area contributed by atoms with Crippen molar-refractivity contribution in [3.63, 3.8) is 0 Å². The Morgan fingerprint density at radius 3 is 3.26 bits per heavy atom. The first kappa shape index (κ1) is 16.2. The van der Waals surface area contributed by atoms with Gasteiger partial charge in [0.25, 0.3) is 0 Å². The van der Waals surface area contributed by atoms with E-state index in [2.05, 4.69) is 37.2 Å². The summed E-state index contributed by atoms with van der Waals surface area (Å²) >= 11 is 1.68. The number of H-pyrrole nitrogens is 1. The second kappa shape index (κ2) is 7.72. The Kier molecular flexibility index (Phi) is 5.43. The normalized spacial score (nSPS) is 18.9. The van der Waals surface area contributed by atoms with Gasteiger partial charge < -0.3 is 11.1 Å². The molecular weight excluding hydrogens is 310 g/mol. The molecule has 1 saturated heterocycles.